The van der Waals surface area contributed by atoms with Crippen LogP contribution in [-0.4, -0.2) is 22.2 Å². The number of methoxy groups -OCH3 is 1. The zero-order chi connectivity index (χ0) is 14.4. The van der Waals surface area contributed by atoms with Crippen LogP contribution in [0, 0.1) is 0 Å². The van der Waals surface area contributed by atoms with Gasteiger partial charge in [0.1, 0.15) is 5.15 Å². The van der Waals surface area contributed by atoms with Gasteiger partial charge in [-0.2, -0.15) is 4.98 Å². The van der Waals surface area contributed by atoms with E-state index in [-0.39, 0.29) is 5.15 Å². The van der Waals surface area contributed by atoms with Crippen molar-refractivity contribution in [3.05, 3.63) is 47.1 Å². The van der Waals surface area contributed by atoms with Crippen LogP contribution in [0.2, 0.25) is 5.15 Å². The lowest BCUT2D eigenvalue weighted by Crippen LogP contribution is -2.28. The van der Waals surface area contributed by atoms with Gasteiger partial charge in [0, 0.05) is 12.6 Å². The molecule has 1 aromatic carbocycles. The molecule has 0 saturated heterocycles. The fraction of sp³-hybridized carbons (Fsp3) is 0.154. The Hall–Kier alpha value is -1.92. The Labute approximate surface area is 127 Å². The SMILES string of the molecule is COc1cc(Cl)nc(NC(=S)NCc2ccccc2)n1. The van der Waals surface area contributed by atoms with Gasteiger partial charge in [0.25, 0.3) is 0 Å². The molecule has 7 heteroatoms. The standard InChI is InChI=1S/C13H13ClN4OS/c1-19-11-7-10(14)16-12(17-11)18-13(20)15-8-9-5-3-2-4-6-9/h2-7H,8H2,1H3,(H2,15,16,17,18,20). The molecule has 0 aliphatic carbocycles. The smallest absolute Gasteiger partial charge is 0.233 e. The van der Waals surface area contributed by atoms with Crippen molar-refractivity contribution in [3.8, 4) is 5.88 Å². The van der Waals surface area contributed by atoms with E-state index >= 15 is 0 Å². The topological polar surface area (TPSA) is 59.1 Å². The monoisotopic (exact) mass is 308 g/mol. The lowest BCUT2D eigenvalue weighted by Gasteiger charge is -2.10. The molecule has 0 radical (unpaired) electrons. The summed E-state index contributed by atoms with van der Waals surface area (Å²) in [6.07, 6.45) is 0. The number of nitrogens with one attached hydrogen (secondary N) is 2. The summed E-state index contributed by atoms with van der Waals surface area (Å²) in [6, 6.07) is 11.4. The zero-order valence-corrected chi connectivity index (χ0v) is 12.3. The van der Waals surface area contributed by atoms with Crippen LogP contribution in [0.25, 0.3) is 0 Å². The van der Waals surface area contributed by atoms with Gasteiger partial charge in [-0.05, 0) is 17.8 Å². The summed E-state index contributed by atoms with van der Waals surface area (Å²) in [5.74, 6) is 0.665. The van der Waals surface area contributed by atoms with Crippen LogP contribution in [0.5, 0.6) is 5.88 Å². The first-order valence-electron chi connectivity index (χ1n) is 5.85. The first-order valence-corrected chi connectivity index (χ1v) is 6.63. The molecule has 0 fully saturated rings. The average Bonchev–Trinajstić information content (AvgIpc) is 2.45. The molecule has 0 bridgehead atoms. The van der Waals surface area contributed by atoms with Crippen LogP contribution in [0.15, 0.2) is 36.4 Å². The van der Waals surface area contributed by atoms with Crippen molar-refractivity contribution in [1.82, 2.24) is 15.3 Å². The van der Waals surface area contributed by atoms with Gasteiger partial charge in [0.2, 0.25) is 11.8 Å². The number of ether oxygens (including phenoxy) is 1. The molecule has 2 rings (SSSR count). The molecule has 1 aromatic heterocycles. The highest BCUT2D eigenvalue weighted by Crippen LogP contribution is 2.15. The molecule has 5 nitrogen and oxygen atoms in total. The van der Waals surface area contributed by atoms with Crippen molar-refractivity contribution in [2.24, 2.45) is 0 Å². The van der Waals surface area contributed by atoms with Crippen molar-refractivity contribution in [2.45, 2.75) is 6.54 Å². The highest BCUT2D eigenvalue weighted by Gasteiger charge is 2.05. The second kappa shape index (κ2) is 7.02. The van der Waals surface area contributed by atoms with E-state index in [2.05, 4.69) is 20.6 Å². The van der Waals surface area contributed by atoms with E-state index < -0.39 is 0 Å². The summed E-state index contributed by atoms with van der Waals surface area (Å²) in [7, 11) is 1.51. The van der Waals surface area contributed by atoms with E-state index in [9.17, 15) is 0 Å². The summed E-state index contributed by atoms with van der Waals surface area (Å²) < 4.78 is 5.01. The maximum absolute atomic E-state index is 5.85. The lowest BCUT2D eigenvalue weighted by atomic mass is 10.2. The maximum atomic E-state index is 5.85. The number of hydrogen-bond acceptors (Lipinski definition) is 4. The Morgan fingerprint density at radius 1 is 1.30 bits per heavy atom. The number of halogens is 1. The van der Waals surface area contributed by atoms with Crippen LogP contribution >= 0.6 is 23.8 Å². The van der Waals surface area contributed by atoms with Crippen LogP contribution < -0.4 is 15.4 Å². The second-order valence-electron chi connectivity index (χ2n) is 3.85. The van der Waals surface area contributed by atoms with Crippen LogP contribution in [0.4, 0.5) is 5.95 Å². The van der Waals surface area contributed by atoms with Gasteiger partial charge in [-0.25, -0.2) is 4.98 Å². The molecule has 0 spiro atoms. The largest absolute Gasteiger partial charge is 0.481 e. The van der Waals surface area contributed by atoms with Crippen LogP contribution in [0.3, 0.4) is 0 Å². The van der Waals surface area contributed by atoms with Gasteiger partial charge in [-0.15, -0.1) is 0 Å². The highest BCUT2D eigenvalue weighted by atomic mass is 35.5. The number of benzene rings is 1. The summed E-state index contributed by atoms with van der Waals surface area (Å²) in [6.45, 7) is 0.615. The molecule has 0 aliphatic heterocycles. The molecule has 0 saturated carbocycles. The average molecular weight is 309 g/mol. The fourth-order valence-corrected chi connectivity index (χ4v) is 1.82. The second-order valence-corrected chi connectivity index (χ2v) is 4.65. The number of aromatic nitrogens is 2. The van der Waals surface area contributed by atoms with E-state index in [4.69, 9.17) is 28.6 Å². The molecule has 0 amide bonds. The Bertz CT molecular complexity index is 594. The molecule has 2 N–H and O–H groups in total. The normalized spacial score (nSPS) is 9.90. The summed E-state index contributed by atoms with van der Waals surface area (Å²) in [5, 5.41) is 6.62. The van der Waals surface area contributed by atoms with Gasteiger partial charge in [-0.3, -0.25) is 0 Å². The minimum atomic E-state index is 0.283. The van der Waals surface area contributed by atoms with Crippen molar-refractivity contribution in [3.63, 3.8) is 0 Å². The first-order chi connectivity index (χ1) is 9.67. The Morgan fingerprint density at radius 3 is 2.75 bits per heavy atom. The number of rotatable bonds is 4. The van der Waals surface area contributed by atoms with Gasteiger partial charge < -0.3 is 15.4 Å². The maximum Gasteiger partial charge on any atom is 0.233 e. The molecule has 0 atom stereocenters. The third-order valence-electron chi connectivity index (χ3n) is 2.40. The molecular weight excluding hydrogens is 296 g/mol. The van der Waals surface area contributed by atoms with Crippen molar-refractivity contribution >= 4 is 34.9 Å². The first kappa shape index (κ1) is 14.5. The van der Waals surface area contributed by atoms with Crippen molar-refractivity contribution in [1.29, 1.82) is 0 Å². The van der Waals surface area contributed by atoms with E-state index in [1.807, 2.05) is 30.3 Å². The third kappa shape index (κ3) is 4.32. The predicted molar refractivity (Wildman–Crippen MR) is 83.1 cm³/mol. The summed E-state index contributed by atoms with van der Waals surface area (Å²) in [5.41, 5.74) is 1.13. The van der Waals surface area contributed by atoms with Gasteiger partial charge in [0.15, 0.2) is 5.11 Å². The highest BCUT2D eigenvalue weighted by molar-refractivity contribution is 7.80. The zero-order valence-electron chi connectivity index (χ0n) is 10.8. The Morgan fingerprint density at radius 2 is 2.05 bits per heavy atom. The molecular formula is C13H13ClN4OS. The van der Waals surface area contributed by atoms with Crippen LogP contribution in [0.1, 0.15) is 5.56 Å². The minimum Gasteiger partial charge on any atom is -0.481 e. The number of thiocarbonyl (C=S) groups is 1. The fourth-order valence-electron chi connectivity index (χ4n) is 1.48. The lowest BCUT2D eigenvalue weighted by molar-refractivity contribution is 0.397. The van der Waals surface area contributed by atoms with Crippen molar-refractivity contribution < 1.29 is 4.74 Å². The molecule has 2 aromatic rings. The van der Waals surface area contributed by atoms with Gasteiger partial charge >= 0.3 is 0 Å². The Kier molecular flexibility index (Phi) is 5.09. The van der Waals surface area contributed by atoms with E-state index in [1.54, 1.807) is 0 Å². The van der Waals surface area contributed by atoms with E-state index in [0.29, 0.717) is 23.5 Å². The van der Waals surface area contributed by atoms with Gasteiger partial charge in [0.05, 0.1) is 7.11 Å². The minimum absolute atomic E-state index is 0.283. The molecule has 1 heterocycles. The number of hydrogen-bond donors (Lipinski definition) is 2. The summed E-state index contributed by atoms with van der Waals surface area (Å²) in [4.78, 5) is 8.10. The number of anilines is 1. The molecule has 0 unspecified atom stereocenters. The number of nitrogens with zero attached hydrogens (tertiary/aromatic N) is 2. The van der Waals surface area contributed by atoms with E-state index in [1.165, 1.54) is 13.2 Å². The summed E-state index contributed by atoms with van der Waals surface area (Å²) >= 11 is 11.0. The van der Waals surface area contributed by atoms with Crippen LogP contribution in [-0.2, 0) is 6.54 Å². The molecule has 0 aliphatic rings. The molecule has 104 valence electrons. The quantitative estimate of drug-likeness (QED) is 0.669. The Balaban J connectivity index is 1.93. The van der Waals surface area contributed by atoms with Crippen molar-refractivity contribution in [2.75, 3.05) is 12.4 Å². The van der Waals surface area contributed by atoms with Gasteiger partial charge in [-0.1, -0.05) is 41.9 Å². The molecule has 20 heavy (non-hydrogen) atoms. The third-order valence-corrected chi connectivity index (χ3v) is 2.84. The predicted octanol–water partition coefficient (Wildman–Crippen LogP) is 2.63. The van der Waals surface area contributed by atoms with E-state index in [0.717, 1.165) is 5.56 Å².